The highest BCUT2D eigenvalue weighted by atomic mass is 31.2. The summed E-state index contributed by atoms with van der Waals surface area (Å²) in [6.07, 6.45) is 15.8. The minimum absolute atomic E-state index is 0.000580. The van der Waals surface area contributed by atoms with Crippen LogP contribution in [0.2, 0.25) is 0 Å². The van der Waals surface area contributed by atoms with Crippen LogP contribution < -0.4 is 10.2 Å². The van der Waals surface area contributed by atoms with Crippen molar-refractivity contribution in [2.24, 2.45) is 52.8 Å². The number of carbonyl (C=O) groups is 8. The number of halogens is 2. The summed E-state index contributed by atoms with van der Waals surface area (Å²) >= 11 is 0. The lowest BCUT2D eigenvalue weighted by Gasteiger charge is -2.37. The number of amides is 2. The summed E-state index contributed by atoms with van der Waals surface area (Å²) in [6, 6.07) is 0. The van der Waals surface area contributed by atoms with Gasteiger partial charge in [-0.05, 0) is 98.3 Å². The summed E-state index contributed by atoms with van der Waals surface area (Å²) in [5, 5.41) is 5.38. The van der Waals surface area contributed by atoms with Crippen LogP contribution in [-0.4, -0.2) is 188 Å². The molecule has 46 heteroatoms. The van der Waals surface area contributed by atoms with Crippen LogP contribution >= 0.6 is 61.4 Å². The molecule has 0 aliphatic carbocycles. The van der Waals surface area contributed by atoms with Crippen LogP contribution in [0.5, 0.6) is 0 Å². The summed E-state index contributed by atoms with van der Waals surface area (Å²) in [4.78, 5) is 147. The Bertz CT molecular complexity index is 3650. The Hall–Kier alpha value is -2.06. The molecule has 1 fully saturated rings. The van der Waals surface area contributed by atoms with Crippen molar-refractivity contribution >= 4 is 108 Å². The molecule has 0 spiro atoms. The van der Waals surface area contributed by atoms with Gasteiger partial charge in [0.25, 0.3) is 0 Å². The molecule has 1 rings (SSSR count). The maximum Gasteiger partial charge on any atom is 0.472 e. The first-order valence-electron chi connectivity index (χ1n) is 47.9. The molecular weight excluding hydrogens is 1920 g/mol. The standard InChI is InChI=1S/C15H32NO4P.C12H26NO4P.C12H25O5P.C12H25O4P.C10H19F2O4P.C10H20NO4P.2C9H19O4P/c1-7-11-19-21(18,20-12-8-2)16-15(5,6)10-9-14(17)13(3)4;1-5-7-9-16-18(15,17-10-8-6-2)13-12(14)11(3)4;1-6-9-16-18(14,15)17-12(4,5)8-7-11(13)10(2)3;1-4-5-6-7-8-11(17(14,15)16)9-12(13)10(2)3;1-4-5-6-7-16-17(14,15)10(11,12)9(13)8(2)3;1-8(2)9(12)11(5)16(13)14-6-10(3,4)7-15-16;1-4-6-13-14(11,12)7-5-9(10)8(2)3;1-4-5-6-13-14(11,12)7-9(10)8(2)3/h13H,7-12H2,1-6H3,(H,16,18);11H,5-10H2,1-4H3,(H,13,14,15);10H,6-9H2,1-5H3,(H,14,15);10-11H,4-9H2,1-3H3,(H2,14,15,16);8H,4-7H2,1-3H3,(H,14,15);8H,6-7H2,1-5H3;2*8H,4-7H2,1-3H3,(H,11,12). The number of ketones is 6. The van der Waals surface area contributed by atoms with Gasteiger partial charge in [0.05, 0.1) is 83.5 Å². The fourth-order valence-electron chi connectivity index (χ4n) is 9.65. The Morgan fingerprint density at radius 3 is 1.19 bits per heavy atom. The zero-order valence-corrected chi connectivity index (χ0v) is 95.3. The average Bonchev–Trinajstić information content (AvgIpc) is 0.792. The molecule has 0 aromatic carbocycles. The maximum absolute atomic E-state index is 13.4. The Balaban J connectivity index is -0.000000278. The van der Waals surface area contributed by atoms with Crippen molar-refractivity contribution in [3.63, 3.8) is 0 Å². The number of phosphoric acid groups is 1. The predicted molar refractivity (Wildman–Crippen MR) is 530 cm³/mol. The Morgan fingerprint density at radius 2 is 0.800 bits per heavy atom. The number of alkyl halides is 2. The van der Waals surface area contributed by atoms with E-state index in [1.807, 2.05) is 111 Å². The van der Waals surface area contributed by atoms with Gasteiger partial charge in [-0.2, -0.15) is 8.78 Å². The van der Waals surface area contributed by atoms with E-state index in [0.717, 1.165) is 88.1 Å². The van der Waals surface area contributed by atoms with Gasteiger partial charge in [-0.15, -0.1) is 0 Å². The summed E-state index contributed by atoms with van der Waals surface area (Å²) in [5.41, 5.74) is -6.61. The second-order valence-corrected chi connectivity index (χ2v) is 52.0. The molecule has 0 radical (unpaired) electrons. The van der Waals surface area contributed by atoms with Crippen LogP contribution in [0.4, 0.5) is 8.78 Å². The molecule has 1 aliphatic rings. The molecule has 0 aromatic heterocycles. The number of Topliss-reactive ketones (excluding diaryl/α,β-unsaturated/α-hetero) is 6. The minimum Gasteiger partial charge on any atom is -0.324 e. The van der Waals surface area contributed by atoms with Gasteiger partial charge in [0.2, 0.25) is 17.6 Å². The van der Waals surface area contributed by atoms with Crippen molar-refractivity contribution in [1.29, 1.82) is 0 Å². The van der Waals surface area contributed by atoms with Crippen molar-refractivity contribution in [2.75, 3.05) is 85.4 Å². The number of rotatable bonds is 64. The van der Waals surface area contributed by atoms with Gasteiger partial charge >= 0.3 is 67.1 Å². The van der Waals surface area contributed by atoms with Crippen LogP contribution in [0, 0.1) is 52.8 Å². The quantitative estimate of drug-likeness (QED) is 0.0207. The van der Waals surface area contributed by atoms with Crippen molar-refractivity contribution in [3.05, 3.63) is 0 Å². The summed E-state index contributed by atoms with van der Waals surface area (Å²) in [5.74, 6) is -4.03. The number of nitrogens with one attached hydrogen (secondary N) is 2. The first-order chi connectivity index (χ1) is 61.6. The van der Waals surface area contributed by atoms with Gasteiger partial charge in [0.15, 0.2) is 0 Å². The summed E-state index contributed by atoms with van der Waals surface area (Å²) in [6.45, 7) is 58.6. The highest BCUT2D eigenvalue weighted by Crippen LogP contribution is 2.60. The monoisotopic (exact) mass is 2110 g/mol. The number of carbonyl (C=O) groups excluding carboxylic acids is 8. The third-order valence-electron chi connectivity index (χ3n) is 18.9. The lowest BCUT2D eigenvalue weighted by molar-refractivity contribution is -0.138. The van der Waals surface area contributed by atoms with Crippen LogP contribution in [-0.2, 0) is 125 Å². The van der Waals surface area contributed by atoms with Crippen LogP contribution in [0.25, 0.3) is 0 Å². The van der Waals surface area contributed by atoms with Crippen LogP contribution in [0.3, 0.4) is 0 Å². The van der Waals surface area contributed by atoms with Crippen LogP contribution in [0.15, 0.2) is 0 Å². The first kappa shape index (κ1) is 146. The number of unbranched alkanes of at least 4 members (excludes halogenated alkanes) is 8. The second-order valence-electron chi connectivity index (χ2n) is 37.5. The van der Waals surface area contributed by atoms with E-state index >= 15 is 0 Å². The molecule has 0 saturated carbocycles. The van der Waals surface area contributed by atoms with E-state index < -0.39 is 95.6 Å². The third-order valence-corrected chi connectivity index (χ3v) is 30.9. The SMILES string of the molecule is CC(C)C(=O)N(C)P1(=O)OCC(C)(C)CO1.CCCCCCC(CC(=O)C(C)C)P(=O)(O)O.CCCCCOP(=O)(O)C(F)(F)C(=O)C(C)C.CCCCOP(=O)(NC(=O)C(C)C)OCCCC.CCCCOP(=O)(O)CC(=O)C(C)C.CCCOP(=O)(NC(C)(C)CCC(=O)C(C)C)OCCC.CCCOP(=O)(O)CCC(=O)C(C)C.CCCOP(=O)(O)OC(C)(C)CCC(=O)C(C)C. The molecule has 8 N–H and O–H groups in total. The highest BCUT2D eigenvalue weighted by Gasteiger charge is 2.58. The molecule has 1 aliphatic heterocycles. The molecule has 36 nitrogen and oxygen atoms in total. The van der Waals surface area contributed by atoms with E-state index in [1.165, 1.54) is 20.9 Å². The molecule has 0 aromatic rings. The zero-order valence-electron chi connectivity index (χ0n) is 88.1. The van der Waals surface area contributed by atoms with Gasteiger partial charge in [-0.1, -0.05) is 245 Å². The maximum atomic E-state index is 13.4. The largest absolute Gasteiger partial charge is 0.472 e. The topological polar surface area (TPSA) is 523 Å². The summed E-state index contributed by atoms with van der Waals surface area (Å²) < 4.78 is 177. The van der Waals surface area contributed by atoms with Crippen molar-refractivity contribution in [2.45, 2.75) is 391 Å². The summed E-state index contributed by atoms with van der Waals surface area (Å²) in [7, 11) is -29.4. The van der Waals surface area contributed by atoms with E-state index in [0.29, 0.717) is 97.4 Å². The minimum atomic E-state index is -5.23. The van der Waals surface area contributed by atoms with E-state index in [-0.39, 0.29) is 139 Å². The lowest BCUT2D eigenvalue weighted by Crippen LogP contribution is -2.38. The number of phosphoric ester groups is 1. The number of hydrogen-bond donors (Lipinski definition) is 8. The highest BCUT2D eigenvalue weighted by molar-refractivity contribution is 7.55. The molecule has 2 amide bonds. The van der Waals surface area contributed by atoms with Crippen molar-refractivity contribution < 1.29 is 163 Å². The smallest absolute Gasteiger partial charge is 0.324 e. The molecular formula is C89H185F2N3O33P8. The Kier molecular flexibility index (Phi) is 81.7. The van der Waals surface area contributed by atoms with E-state index in [9.17, 15) is 108 Å². The van der Waals surface area contributed by atoms with E-state index in [2.05, 4.69) is 21.6 Å². The van der Waals surface area contributed by atoms with Gasteiger partial charge in [-0.3, -0.25) is 103 Å². The molecule has 0 bridgehead atoms. The second kappa shape index (κ2) is 75.6. The predicted octanol–water partition coefficient (Wildman–Crippen LogP) is 24.2. The van der Waals surface area contributed by atoms with E-state index in [4.69, 9.17) is 50.1 Å². The lowest BCUT2D eigenvalue weighted by atomic mass is 9.95. The number of hydrogen-bond acceptors (Lipinski definition) is 27. The fraction of sp³-hybridized carbons (Fsp3) is 0.910. The van der Waals surface area contributed by atoms with Crippen molar-refractivity contribution in [1.82, 2.24) is 14.8 Å². The molecule has 1 heterocycles. The first-order valence-corrected chi connectivity index (χ1v) is 60.7. The molecule has 1 saturated heterocycles. The number of nitrogens with zero attached hydrogens (tertiary/aromatic N) is 1. The average molecular weight is 2110 g/mol. The van der Waals surface area contributed by atoms with Gasteiger partial charge in [0.1, 0.15) is 35.1 Å². The van der Waals surface area contributed by atoms with Gasteiger partial charge in [-0.25, -0.2) is 23.3 Å². The fourth-order valence-corrected chi connectivity index (χ4v) is 20.5. The normalized spacial score (nSPS) is 15.4. The van der Waals surface area contributed by atoms with Gasteiger partial charge < -0.3 is 42.9 Å². The van der Waals surface area contributed by atoms with Gasteiger partial charge in [0, 0.05) is 91.0 Å². The zero-order chi connectivity index (χ0) is 107. The van der Waals surface area contributed by atoms with Crippen molar-refractivity contribution in [3.8, 4) is 0 Å². The molecule has 135 heavy (non-hydrogen) atoms. The molecule has 808 valence electrons. The Labute approximate surface area is 810 Å². The van der Waals surface area contributed by atoms with E-state index in [1.54, 1.807) is 83.1 Å². The molecule has 5 unspecified atom stereocenters. The van der Waals surface area contributed by atoms with Crippen LogP contribution in [0.1, 0.15) is 369 Å². The third kappa shape index (κ3) is 77.1. The Morgan fingerprint density at radius 1 is 0.430 bits per heavy atom. The molecule has 5 atom stereocenters.